The minimum Gasteiger partial charge on any atom is -0.314 e. The summed E-state index contributed by atoms with van der Waals surface area (Å²) in [5.74, 6) is 0. The van der Waals surface area contributed by atoms with E-state index >= 15 is 0 Å². The molecule has 1 aromatic rings. The Morgan fingerprint density at radius 2 is 1.75 bits per heavy atom. The van der Waals surface area contributed by atoms with E-state index in [1.165, 1.54) is 24.0 Å². The number of rotatable bonds is 3. The van der Waals surface area contributed by atoms with Crippen molar-refractivity contribution in [2.75, 3.05) is 26.2 Å². The van der Waals surface area contributed by atoms with Crippen LogP contribution in [0.25, 0.3) is 0 Å². The van der Waals surface area contributed by atoms with Gasteiger partial charge in [0.1, 0.15) is 0 Å². The topological polar surface area (TPSA) is 39.1 Å². The highest BCUT2D eigenvalue weighted by Crippen LogP contribution is 2.40. The first kappa shape index (κ1) is 13.6. The van der Waals surface area contributed by atoms with Crippen LogP contribution in [0.15, 0.2) is 24.3 Å². The minimum atomic E-state index is -0.201. The third kappa shape index (κ3) is 2.72. The predicted octanol–water partition coefficient (Wildman–Crippen LogP) is 2.43. The van der Waals surface area contributed by atoms with Crippen molar-refractivity contribution in [2.45, 2.75) is 37.6 Å². The Kier molecular flexibility index (Phi) is 4.05. The second kappa shape index (κ2) is 5.95. The van der Waals surface area contributed by atoms with E-state index in [9.17, 15) is 5.26 Å². The van der Waals surface area contributed by atoms with Gasteiger partial charge in [-0.1, -0.05) is 37.1 Å². The molecule has 2 aliphatic rings. The smallest absolute Gasteiger partial charge is 0.0822 e. The van der Waals surface area contributed by atoms with E-state index < -0.39 is 0 Å². The molecule has 1 saturated carbocycles. The number of nitrogens with one attached hydrogen (secondary N) is 1. The molecule has 1 saturated heterocycles. The number of hydrogen-bond acceptors (Lipinski definition) is 3. The van der Waals surface area contributed by atoms with E-state index in [2.05, 4.69) is 40.6 Å². The van der Waals surface area contributed by atoms with Gasteiger partial charge in [0.25, 0.3) is 0 Å². The zero-order chi connectivity index (χ0) is 13.8. The van der Waals surface area contributed by atoms with Gasteiger partial charge in [-0.3, -0.25) is 4.90 Å². The summed E-state index contributed by atoms with van der Waals surface area (Å²) < 4.78 is 0. The number of nitrogens with zero attached hydrogens (tertiary/aromatic N) is 2. The number of nitriles is 1. The summed E-state index contributed by atoms with van der Waals surface area (Å²) in [5, 5.41) is 12.9. The summed E-state index contributed by atoms with van der Waals surface area (Å²) in [7, 11) is 0. The van der Waals surface area contributed by atoms with Gasteiger partial charge < -0.3 is 5.32 Å². The van der Waals surface area contributed by atoms with Crippen LogP contribution in [0.3, 0.4) is 0 Å². The molecule has 1 aliphatic heterocycles. The molecule has 1 heterocycles. The molecule has 0 bridgehead atoms. The molecule has 1 N–H and O–H groups in total. The Labute approximate surface area is 121 Å². The summed E-state index contributed by atoms with van der Waals surface area (Å²) in [4.78, 5) is 2.49. The van der Waals surface area contributed by atoms with Crippen molar-refractivity contribution < 1.29 is 0 Å². The molecule has 0 aromatic heterocycles. The van der Waals surface area contributed by atoms with Crippen molar-refractivity contribution in [3.63, 3.8) is 0 Å². The van der Waals surface area contributed by atoms with Crippen molar-refractivity contribution in [1.82, 2.24) is 10.2 Å². The van der Waals surface area contributed by atoms with Crippen molar-refractivity contribution >= 4 is 0 Å². The fourth-order valence-electron chi connectivity index (χ4n) is 3.50. The standard InChI is InChI=1S/C17H23N3/c18-14-17(7-1-2-8-17)16-5-3-15(4-6-16)13-20-11-9-19-10-12-20/h3-6,19H,1-2,7-13H2. The zero-order valence-corrected chi connectivity index (χ0v) is 12.1. The summed E-state index contributed by atoms with van der Waals surface area (Å²) in [6.45, 7) is 5.47. The fraction of sp³-hybridized carbons (Fsp3) is 0.588. The highest BCUT2D eigenvalue weighted by molar-refractivity contribution is 5.35. The molecular formula is C17H23N3. The van der Waals surface area contributed by atoms with Crippen LogP contribution < -0.4 is 5.32 Å². The van der Waals surface area contributed by atoms with Gasteiger partial charge in [0.15, 0.2) is 0 Å². The largest absolute Gasteiger partial charge is 0.314 e. The third-order valence-electron chi connectivity index (χ3n) is 4.79. The molecular weight excluding hydrogens is 246 g/mol. The summed E-state index contributed by atoms with van der Waals surface area (Å²) >= 11 is 0. The van der Waals surface area contributed by atoms with Crippen molar-refractivity contribution in [1.29, 1.82) is 5.26 Å². The van der Waals surface area contributed by atoms with Crippen LogP contribution in [-0.4, -0.2) is 31.1 Å². The van der Waals surface area contributed by atoms with Crippen LogP contribution >= 0.6 is 0 Å². The first-order valence-corrected chi connectivity index (χ1v) is 7.76. The molecule has 0 spiro atoms. The van der Waals surface area contributed by atoms with Gasteiger partial charge in [-0.05, 0) is 24.0 Å². The molecule has 3 rings (SSSR count). The van der Waals surface area contributed by atoms with Crippen LogP contribution in [0.2, 0.25) is 0 Å². The zero-order valence-electron chi connectivity index (χ0n) is 12.1. The maximum absolute atomic E-state index is 9.54. The van der Waals surface area contributed by atoms with Gasteiger partial charge in [-0.25, -0.2) is 0 Å². The molecule has 3 nitrogen and oxygen atoms in total. The van der Waals surface area contributed by atoms with Crippen LogP contribution in [0, 0.1) is 11.3 Å². The third-order valence-corrected chi connectivity index (χ3v) is 4.79. The van der Waals surface area contributed by atoms with Gasteiger partial charge in [0.2, 0.25) is 0 Å². The van der Waals surface area contributed by atoms with Crippen molar-refractivity contribution in [3.8, 4) is 6.07 Å². The monoisotopic (exact) mass is 269 g/mol. The molecule has 0 radical (unpaired) electrons. The molecule has 106 valence electrons. The second-order valence-corrected chi connectivity index (χ2v) is 6.12. The maximum Gasteiger partial charge on any atom is 0.0822 e. The highest BCUT2D eigenvalue weighted by atomic mass is 15.2. The van der Waals surface area contributed by atoms with Gasteiger partial charge in [-0.2, -0.15) is 5.26 Å². The van der Waals surface area contributed by atoms with E-state index in [1.54, 1.807) is 0 Å². The van der Waals surface area contributed by atoms with Crippen LogP contribution in [0.1, 0.15) is 36.8 Å². The van der Waals surface area contributed by atoms with Crippen molar-refractivity contribution in [3.05, 3.63) is 35.4 Å². The predicted molar refractivity (Wildman–Crippen MR) is 80.3 cm³/mol. The Bertz CT molecular complexity index is 474. The lowest BCUT2D eigenvalue weighted by Crippen LogP contribution is -2.42. The quantitative estimate of drug-likeness (QED) is 0.916. The average Bonchev–Trinajstić information content (AvgIpc) is 2.99. The Morgan fingerprint density at radius 3 is 2.35 bits per heavy atom. The molecule has 0 unspecified atom stereocenters. The van der Waals surface area contributed by atoms with E-state index in [0.717, 1.165) is 45.6 Å². The molecule has 0 atom stereocenters. The highest BCUT2D eigenvalue weighted by Gasteiger charge is 2.35. The summed E-state index contributed by atoms with van der Waals surface area (Å²) in [5.41, 5.74) is 2.39. The van der Waals surface area contributed by atoms with E-state index in [4.69, 9.17) is 0 Å². The maximum atomic E-state index is 9.54. The first-order valence-electron chi connectivity index (χ1n) is 7.76. The van der Waals surface area contributed by atoms with Crippen LogP contribution in [0.5, 0.6) is 0 Å². The molecule has 1 aromatic carbocycles. The van der Waals surface area contributed by atoms with Gasteiger partial charge in [0.05, 0.1) is 11.5 Å². The Balaban J connectivity index is 1.69. The Morgan fingerprint density at radius 1 is 1.10 bits per heavy atom. The van der Waals surface area contributed by atoms with E-state index in [-0.39, 0.29) is 5.41 Å². The lowest BCUT2D eigenvalue weighted by Gasteiger charge is -2.27. The minimum absolute atomic E-state index is 0.201. The number of benzene rings is 1. The van der Waals surface area contributed by atoms with E-state index in [0.29, 0.717) is 0 Å². The van der Waals surface area contributed by atoms with Gasteiger partial charge >= 0.3 is 0 Å². The second-order valence-electron chi connectivity index (χ2n) is 6.12. The fourth-order valence-corrected chi connectivity index (χ4v) is 3.50. The lowest BCUT2D eigenvalue weighted by molar-refractivity contribution is 0.233. The normalized spacial score (nSPS) is 22.6. The summed E-state index contributed by atoms with van der Waals surface area (Å²) in [6, 6.07) is 11.4. The van der Waals surface area contributed by atoms with Crippen LogP contribution in [0.4, 0.5) is 0 Å². The average molecular weight is 269 g/mol. The molecule has 2 fully saturated rings. The molecule has 0 amide bonds. The Hall–Kier alpha value is -1.37. The van der Waals surface area contributed by atoms with Crippen molar-refractivity contribution in [2.24, 2.45) is 0 Å². The molecule has 3 heteroatoms. The molecule has 1 aliphatic carbocycles. The van der Waals surface area contributed by atoms with Gasteiger partial charge in [0, 0.05) is 32.7 Å². The first-order chi connectivity index (χ1) is 9.82. The van der Waals surface area contributed by atoms with Crippen LogP contribution in [-0.2, 0) is 12.0 Å². The number of hydrogen-bond donors (Lipinski definition) is 1. The molecule has 20 heavy (non-hydrogen) atoms. The lowest BCUT2D eigenvalue weighted by atomic mass is 9.80. The summed E-state index contributed by atoms with van der Waals surface area (Å²) in [6.07, 6.45) is 4.44. The van der Waals surface area contributed by atoms with Gasteiger partial charge in [-0.15, -0.1) is 0 Å². The number of piperazine rings is 1. The van der Waals surface area contributed by atoms with E-state index in [1.807, 2.05) is 0 Å². The SMILES string of the molecule is N#CC1(c2ccc(CN3CCNCC3)cc2)CCCC1.